The number of fused-ring (bicyclic) bond motifs is 1. The smallest absolute Gasteiger partial charge is 0.151 e. The van der Waals surface area contributed by atoms with Crippen LogP contribution in [0.5, 0.6) is 0 Å². The van der Waals surface area contributed by atoms with E-state index >= 15 is 0 Å². The van der Waals surface area contributed by atoms with Crippen molar-refractivity contribution < 1.29 is 14.3 Å². The summed E-state index contributed by atoms with van der Waals surface area (Å²) in [5.74, 6) is -0.0633. The fourth-order valence-electron chi connectivity index (χ4n) is 4.48. The molecular formula is C20H24N2O3. The summed E-state index contributed by atoms with van der Waals surface area (Å²) in [6, 6.07) is 4.00. The predicted octanol–water partition coefficient (Wildman–Crippen LogP) is 2.94. The van der Waals surface area contributed by atoms with Gasteiger partial charge in [0, 0.05) is 38.0 Å². The van der Waals surface area contributed by atoms with Crippen LogP contribution in [0.1, 0.15) is 42.7 Å². The minimum Gasteiger partial charge on any atom is -0.381 e. The van der Waals surface area contributed by atoms with E-state index in [1.165, 1.54) is 0 Å². The minimum absolute atomic E-state index is 0.0708. The van der Waals surface area contributed by atoms with E-state index in [2.05, 4.69) is 5.10 Å². The van der Waals surface area contributed by atoms with Gasteiger partial charge in [-0.3, -0.25) is 14.3 Å². The van der Waals surface area contributed by atoms with Crippen molar-refractivity contribution in [3.63, 3.8) is 0 Å². The van der Waals surface area contributed by atoms with E-state index in [4.69, 9.17) is 4.74 Å². The van der Waals surface area contributed by atoms with Crippen LogP contribution in [0.25, 0.3) is 10.9 Å². The van der Waals surface area contributed by atoms with Gasteiger partial charge < -0.3 is 4.74 Å². The molecule has 4 rings (SSSR count). The van der Waals surface area contributed by atoms with Crippen molar-refractivity contribution in [1.29, 1.82) is 0 Å². The normalized spacial score (nSPS) is 25.2. The second-order valence-corrected chi connectivity index (χ2v) is 7.49. The van der Waals surface area contributed by atoms with Gasteiger partial charge in [0.25, 0.3) is 0 Å². The van der Waals surface area contributed by atoms with E-state index in [0.717, 1.165) is 54.5 Å². The monoisotopic (exact) mass is 340 g/mol. The molecule has 1 aliphatic heterocycles. The van der Waals surface area contributed by atoms with E-state index in [9.17, 15) is 9.59 Å². The minimum atomic E-state index is -0.613. The molecule has 0 amide bonds. The van der Waals surface area contributed by atoms with Crippen LogP contribution >= 0.6 is 0 Å². The van der Waals surface area contributed by atoms with Crippen molar-refractivity contribution in [2.45, 2.75) is 38.5 Å². The molecule has 2 aliphatic rings. The Balaban J connectivity index is 1.65. The highest BCUT2D eigenvalue weighted by Crippen LogP contribution is 2.40. The van der Waals surface area contributed by atoms with Gasteiger partial charge in [0.1, 0.15) is 11.7 Å². The van der Waals surface area contributed by atoms with Gasteiger partial charge in [0.15, 0.2) is 5.78 Å². The molecule has 5 heteroatoms. The first-order valence-corrected chi connectivity index (χ1v) is 9.11. The lowest BCUT2D eigenvalue weighted by molar-refractivity contribution is -0.125. The average Bonchev–Trinajstić information content (AvgIpc) is 3.10. The summed E-state index contributed by atoms with van der Waals surface area (Å²) < 4.78 is 7.20. The molecule has 0 spiro atoms. The number of hydrogen-bond donors (Lipinski definition) is 0. The van der Waals surface area contributed by atoms with Gasteiger partial charge in [0.2, 0.25) is 0 Å². The summed E-state index contributed by atoms with van der Waals surface area (Å²) in [5.41, 5.74) is 2.84. The number of ketones is 2. The number of carbonyl (C=O) groups is 2. The molecule has 1 saturated carbocycles. The standard InChI is InChI=1S/C20H24N2O3/c1-12-3-4-16-15(11-21-22(16)2)18(12)19-17(23)10-14(20(19)24)9-13-5-7-25-8-6-13/h3-4,11,13-14,19H,5-10H2,1-2H3. The second-order valence-electron chi connectivity index (χ2n) is 7.49. The van der Waals surface area contributed by atoms with Crippen LogP contribution in [-0.2, 0) is 21.4 Å². The molecule has 25 heavy (non-hydrogen) atoms. The number of aromatic nitrogens is 2. The Kier molecular flexibility index (Phi) is 4.20. The largest absolute Gasteiger partial charge is 0.381 e. The van der Waals surface area contributed by atoms with Crippen molar-refractivity contribution in [2.24, 2.45) is 18.9 Å². The zero-order valence-electron chi connectivity index (χ0n) is 14.8. The number of carbonyl (C=O) groups excluding carboxylic acids is 2. The number of Topliss-reactive ketones (excluding diaryl/α,β-unsaturated/α-hetero) is 2. The fourth-order valence-corrected chi connectivity index (χ4v) is 4.48. The molecule has 0 bridgehead atoms. The molecule has 0 N–H and O–H groups in total. The number of hydrogen-bond acceptors (Lipinski definition) is 4. The van der Waals surface area contributed by atoms with Crippen LogP contribution in [0.4, 0.5) is 0 Å². The van der Waals surface area contributed by atoms with Crippen molar-refractivity contribution in [1.82, 2.24) is 9.78 Å². The van der Waals surface area contributed by atoms with Crippen molar-refractivity contribution in [2.75, 3.05) is 13.2 Å². The summed E-state index contributed by atoms with van der Waals surface area (Å²) in [6.07, 6.45) is 4.99. The van der Waals surface area contributed by atoms with Crippen LogP contribution in [0.3, 0.4) is 0 Å². The van der Waals surface area contributed by atoms with Crippen LogP contribution in [0, 0.1) is 18.8 Å². The Bertz CT molecular complexity index is 833. The molecule has 1 aromatic carbocycles. The van der Waals surface area contributed by atoms with Crippen molar-refractivity contribution in [3.8, 4) is 0 Å². The zero-order valence-corrected chi connectivity index (χ0v) is 14.8. The van der Waals surface area contributed by atoms with Crippen molar-refractivity contribution >= 4 is 22.5 Å². The molecular weight excluding hydrogens is 316 g/mol. The van der Waals surface area contributed by atoms with E-state index in [1.54, 1.807) is 10.9 Å². The molecule has 2 unspecified atom stereocenters. The lowest BCUT2D eigenvalue weighted by Crippen LogP contribution is -2.22. The van der Waals surface area contributed by atoms with Gasteiger partial charge in [-0.1, -0.05) is 6.07 Å². The molecule has 132 valence electrons. The predicted molar refractivity (Wildman–Crippen MR) is 94.5 cm³/mol. The van der Waals surface area contributed by atoms with E-state index in [0.29, 0.717) is 12.3 Å². The van der Waals surface area contributed by atoms with Gasteiger partial charge in [-0.25, -0.2) is 0 Å². The highest BCUT2D eigenvalue weighted by atomic mass is 16.5. The average molecular weight is 340 g/mol. The van der Waals surface area contributed by atoms with E-state index < -0.39 is 5.92 Å². The highest BCUT2D eigenvalue weighted by Gasteiger charge is 2.44. The maximum absolute atomic E-state index is 13.1. The summed E-state index contributed by atoms with van der Waals surface area (Å²) in [6.45, 7) is 3.53. The SMILES string of the molecule is Cc1ccc2c(cnn2C)c1C1C(=O)CC(CC2CCOCC2)C1=O. The van der Waals surface area contributed by atoms with Crippen LogP contribution in [0.2, 0.25) is 0 Å². The maximum atomic E-state index is 13.1. The molecule has 1 aromatic heterocycles. The Labute approximate surface area is 147 Å². The third-order valence-corrected chi connectivity index (χ3v) is 5.89. The molecule has 0 radical (unpaired) electrons. The first kappa shape index (κ1) is 16.5. The lowest BCUT2D eigenvalue weighted by Gasteiger charge is -2.24. The van der Waals surface area contributed by atoms with Crippen molar-refractivity contribution in [3.05, 3.63) is 29.5 Å². The van der Waals surface area contributed by atoms with Crippen LogP contribution in [0.15, 0.2) is 18.3 Å². The molecule has 1 saturated heterocycles. The maximum Gasteiger partial charge on any atom is 0.151 e. The van der Waals surface area contributed by atoms with Crippen LogP contribution in [-0.4, -0.2) is 34.6 Å². The molecule has 2 fully saturated rings. The third kappa shape index (κ3) is 2.80. The first-order valence-electron chi connectivity index (χ1n) is 9.11. The van der Waals surface area contributed by atoms with Crippen LogP contribution < -0.4 is 0 Å². The number of rotatable bonds is 3. The molecule has 2 heterocycles. The Morgan fingerprint density at radius 2 is 2.00 bits per heavy atom. The summed E-state index contributed by atoms with van der Waals surface area (Å²) in [5, 5.41) is 5.24. The topological polar surface area (TPSA) is 61.2 Å². The molecule has 2 atom stereocenters. The first-order chi connectivity index (χ1) is 12.1. The highest BCUT2D eigenvalue weighted by molar-refractivity contribution is 6.16. The lowest BCUT2D eigenvalue weighted by atomic mass is 9.85. The summed E-state index contributed by atoms with van der Waals surface area (Å²) in [4.78, 5) is 25.9. The molecule has 2 aromatic rings. The molecule has 1 aliphatic carbocycles. The van der Waals surface area contributed by atoms with E-state index in [1.807, 2.05) is 26.1 Å². The number of nitrogens with zero attached hydrogens (tertiary/aromatic N) is 2. The Morgan fingerprint density at radius 1 is 1.24 bits per heavy atom. The van der Waals surface area contributed by atoms with Gasteiger partial charge in [-0.05, 0) is 49.3 Å². The summed E-state index contributed by atoms with van der Waals surface area (Å²) in [7, 11) is 1.88. The number of benzene rings is 1. The molecule has 5 nitrogen and oxygen atoms in total. The zero-order chi connectivity index (χ0) is 17.6. The third-order valence-electron chi connectivity index (χ3n) is 5.89. The second kappa shape index (κ2) is 6.37. The van der Waals surface area contributed by atoms with Gasteiger partial charge in [-0.15, -0.1) is 0 Å². The van der Waals surface area contributed by atoms with Gasteiger partial charge in [-0.2, -0.15) is 5.10 Å². The number of ether oxygens (including phenoxy) is 1. The van der Waals surface area contributed by atoms with Gasteiger partial charge in [0.05, 0.1) is 11.7 Å². The van der Waals surface area contributed by atoms with Gasteiger partial charge >= 0.3 is 0 Å². The Morgan fingerprint density at radius 3 is 2.76 bits per heavy atom. The fraction of sp³-hybridized carbons (Fsp3) is 0.550. The summed E-state index contributed by atoms with van der Waals surface area (Å²) >= 11 is 0. The number of aryl methyl sites for hydroxylation is 2. The quantitative estimate of drug-likeness (QED) is 0.806. The van der Waals surface area contributed by atoms with E-state index in [-0.39, 0.29) is 17.5 Å². The Hall–Kier alpha value is -2.01.